The van der Waals surface area contributed by atoms with E-state index in [0.717, 1.165) is 44.2 Å². The van der Waals surface area contributed by atoms with Crippen LogP contribution in [0, 0.1) is 11.6 Å². The fourth-order valence-electron chi connectivity index (χ4n) is 2.44. The van der Waals surface area contributed by atoms with Crippen molar-refractivity contribution in [3.8, 4) is 0 Å². The molecule has 18 heavy (non-hydrogen) atoms. The molecule has 0 spiro atoms. The average molecular weight is 254 g/mol. The van der Waals surface area contributed by atoms with Crippen LogP contribution in [0.4, 0.5) is 8.78 Å². The lowest BCUT2D eigenvalue weighted by Gasteiger charge is -2.26. The summed E-state index contributed by atoms with van der Waals surface area (Å²) in [5.74, 6) is -1.55. The van der Waals surface area contributed by atoms with Crippen LogP contribution in [-0.4, -0.2) is 18.6 Å². The van der Waals surface area contributed by atoms with E-state index in [1.54, 1.807) is 6.07 Å². The van der Waals surface area contributed by atoms with E-state index >= 15 is 0 Å². The molecule has 1 fully saturated rings. The van der Waals surface area contributed by atoms with Gasteiger partial charge >= 0.3 is 0 Å². The first kappa shape index (κ1) is 13.4. The van der Waals surface area contributed by atoms with Gasteiger partial charge in [-0.3, -0.25) is 0 Å². The highest BCUT2D eigenvalue weighted by molar-refractivity contribution is 5.18. The van der Waals surface area contributed by atoms with E-state index in [-0.39, 0.29) is 0 Å². The summed E-state index contributed by atoms with van der Waals surface area (Å²) in [7, 11) is 0. The molecule has 0 heterocycles. The van der Waals surface area contributed by atoms with Gasteiger partial charge in [-0.2, -0.15) is 0 Å². The summed E-state index contributed by atoms with van der Waals surface area (Å²) in [6, 6.07) is 4.97. The van der Waals surface area contributed by atoms with Gasteiger partial charge in [0.25, 0.3) is 0 Å². The summed E-state index contributed by atoms with van der Waals surface area (Å²) in [5.41, 5.74) is 6.67. The number of rotatable bonds is 4. The largest absolute Gasteiger partial charge is 0.328 e. The number of hydrogen-bond acceptors (Lipinski definition) is 2. The average Bonchev–Trinajstić information content (AvgIpc) is 2.36. The molecule has 100 valence electrons. The molecule has 0 amide bonds. The van der Waals surface area contributed by atoms with E-state index in [2.05, 4.69) is 5.32 Å². The Bertz CT molecular complexity index is 387. The number of hydrogen-bond donors (Lipinski definition) is 2. The number of nitrogens with one attached hydrogen (secondary N) is 1. The van der Waals surface area contributed by atoms with Crippen molar-refractivity contribution in [1.29, 1.82) is 0 Å². The van der Waals surface area contributed by atoms with Crippen molar-refractivity contribution in [1.82, 2.24) is 5.32 Å². The van der Waals surface area contributed by atoms with Crippen molar-refractivity contribution in [3.63, 3.8) is 0 Å². The fourth-order valence-corrected chi connectivity index (χ4v) is 2.44. The lowest BCUT2D eigenvalue weighted by molar-refractivity contribution is 0.344. The van der Waals surface area contributed by atoms with Gasteiger partial charge in [0.15, 0.2) is 11.6 Å². The predicted octanol–water partition coefficient (Wildman–Crippen LogP) is 2.37. The van der Waals surface area contributed by atoms with E-state index in [1.165, 1.54) is 12.1 Å². The fraction of sp³-hybridized carbons (Fsp3) is 0.571. The molecule has 0 saturated heterocycles. The summed E-state index contributed by atoms with van der Waals surface area (Å²) in [5, 5.41) is 3.45. The highest BCUT2D eigenvalue weighted by atomic mass is 19.2. The van der Waals surface area contributed by atoms with Gasteiger partial charge in [-0.15, -0.1) is 0 Å². The molecule has 0 aromatic heterocycles. The van der Waals surface area contributed by atoms with Crippen LogP contribution < -0.4 is 11.1 Å². The maximum atomic E-state index is 13.0. The zero-order valence-corrected chi connectivity index (χ0v) is 10.5. The Morgan fingerprint density at radius 1 is 1.11 bits per heavy atom. The second-order valence-electron chi connectivity index (χ2n) is 5.06. The van der Waals surface area contributed by atoms with Crippen LogP contribution in [0.3, 0.4) is 0 Å². The molecule has 0 unspecified atom stereocenters. The molecule has 2 nitrogen and oxygen atoms in total. The first-order valence-electron chi connectivity index (χ1n) is 6.58. The Morgan fingerprint density at radius 3 is 2.50 bits per heavy atom. The van der Waals surface area contributed by atoms with Gasteiger partial charge in [-0.05, 0) is 56.3 Å². The van der Waals surface area contributed by atoms with Gasteiger partial charge in [0.1, 0.15) is 0 Å². The molecule has 1 aromatic rings. The molecule has 3 N–H and O–H groups in total. The molecule has 1 aliphatic carbocycles. The van der Waals surface area contributed by atoms with Crippen LogP contribution in [-0.2, 0) is 6.42 Å². The molecule has 1 saturated carbocycles. The monoisotopic (exact) mass is 254 g/mol. The van der Waals surface area contributed by atoms with Crippen LogP contribution >= 0.6 is 0 Å². The smallest absolute Gasteiger partial charge is 0.159 e. The third-order valence-corrected chi connectivity index (χ3v) is 3.60. The van der Waals surface area contributed by atoms with Gasteiger partial charge in [0.05, 0.1) is 0 Å². The minimum Gasteiger partial charge on any atom is -0.328 e. The summed E-state index contributed by atoms with van der Waals surface area (Å²) in [6.45, 7) is 0.797. The molecule has 2 rings (SSSR count). The van der Waals surface area contributed by atoms with Crippen LogP contribution in [0.2, 0.25) is 0 Å². The third kappa shape index (κ3) is 3.75. The lowest BCUT2D eigenvalue weighted by Crippen LogP contribution is -2.38. The van der Waals surface area contributed by atoms with Gasteiger partial charge in [0, 0.05) is 12.1 Å². The third-order valence-electron chi connectivity index (χ3n) is 3.60. The summed E-state index contributed by atoms with van der Waals surface area (Å²) >= 11 is 0. The lowest BCUT2D eigenvalue weighted by atomic mass is 9.92. The Hall–Kier alpha value is -1.00. The molecular weight excluding hydrogens is 234 g/mol. The summed E-state index contributed by atoms with van der Waals surface area (Å²) in [4.78, 5) is 0. The minimum absolute atomic E-state index is 0.356. The van der Waals surface area contributed by atoms with Crippen molar-refractivity contribution >= 4 is 0 Å². The van der Waals surface area contributed by atoms with Gasteiger partial charge < -0.3 is 11.1 Å². The highest BCUT2D eigenvalue weighted by Gasteiger charge is 2.17. The SMILES string of the molecule is NC1CCC(NCCc2ccc(F)c(F)c2)CC1. The minimum atomic E-state index is -0.784. The second-order valence-corrected chi connectivity index (χ2v) is 5.06. The van der Waals surface area contributed by atoms with Crippen LogP contribution in [0.25, 0.3) is 0 Å². The van der Waals surface area contributed by atoms with Crippen molar-refractivity contribution in [3.05, 3.63) is 35.4 Å². The maximum Gasteiger partial charge on any atom is 0.159 e. The molecule has 0 radical (unpaired) electrons. The van der Waals surface area contributed by atoms with Crippen molar-refractivity contribution in [2.24, 2.45) is 5.73 Å². The molecular formula is C14H20F2N2. The van der Waals surface area contributed by atoms with Crippen molar-refractivity contribution < 1.29 is 8.78 Å². The molecule has 0 bridgehead atoms. The molecule has 0 atom stereocenters. The van der Waals surface area contributed by atoms with E-state index in [1.807, 2.05) is 0 Å². The molecule has 0 aliphatic heterocycles. The van der Waals surface area contributed by atoms with E-state index in [0.29, 0.717) is 12.1 Å². The normalized spacial score (nSPS) is 24.2. The highest BCUT2D eigenvalue weighted by Crippen LogP contribution is 2.17. The van der Waals surface area contributed by atoms with Crippen LogP contribution in [0.1, 0.15) is 31.2 Å². The van der Waals surface area contributed by atoms with Crippen molar-refractivity contribution in [2.45, 2.75) is 44.2 Å². The topological polar surface area (TPSA) is 38.0 Å². The Balaban J connectivity index is 1.73. The first-order chi connectivity index (χ1) is 8.65. The predicted molar refractivity (Wildman–Crippen MR) is 68.3 cm³/mol. The van der Waals surface area contributed by atoms with Crippen LogP contribution in [0.15, 0.2) is 18.2 Å². The Morgan fingerprint density at radius 2 is 1.83 bits per heavy atom. The quantitative estimate of drug-likeness (QED) is 0.865. The van der Waals surface area contributed by atoms with Crippen molar-refractivity contribution in [2.75, 3.05) is 6.54 Å². The molecule has 4 heteroatoms. The van der Waals surface area contributed by atoms with Gasteiger partial charge in [-0.1, -0.05) is 6.07 Å². The van der Waals surface area contributed by atoms with E-state index in [9.17, 15) is 8.78 Å². The first-order valence-corrected chi connectivity index (χ1v) is 6.58. The number of halogens is 2. The number of nitrogens with two attached hydrogens (primary N) is 1. The Kier molecular flexibility index (Phi) is 4.66. The van der Waals surface area contributed by atoms with E-state index in [4.69, 9.17) is 5.73 Å². The van der Waals surface area contributed by atoms with E-state index < -0.39 is 11.6 Å². The molecule has 1 aromatic carbocycles. The maximum absolute atomic E-state index is 13.0. The second kappa shape index (κ2) is 6.25. The van der Waals surface area contributed by atoms with Crippen LogP contribution in [0.5, 0.6) is 0 Å². The number of benzene rings is 1. The van der Waals surface area contributed by atoms with Gasteiger partial charge in [-0.25, -0.2) is 8.78 Å². The Labute approximate surface area is 107 Å². The molecule has 1 aliphatic rings. The summed E-state index contributed by atoms with van der Waals surface area (Å²) < 4.78 is 25.7. The zero-order valence-electron chi connectivity index (χ0n) is 10.5. The zero-order chi connectivity index (χ0) is 13.0. The standard InChI is InChI=1S/C14H20F2N2/c15-13-6-1-10(9-14(13)16)7-8-18-12-4-2-11(17)3-5-12/h1,6,9,11-12,18H,2-5,7-8,17H2. The van der Waals surface area contributed by atoms with Gasteiger partial charge in [0.2, 0.25) is 0 Å². The summed E-state index contributed by atoms with van der Waals surface area (Å²) in [6.07, 6.45) is 5.09.